The van der Waals surface area contributed by atoms with Crippen LogP contribution in [0, 0.1) is 0 Å². The molecule has 2 aliphatic heterocycles. The van der Waals surface area contributed by atoms with E-state index in [1.807, 2.05) is 22.9 Å². The summed E-state index contributed by atoms with van der Waals surface area (Å²) < 4.78 is 5.83. The Morgan fingerprint density at radius 1 is 1.32 bits per heavy atom. The SMILES string of the molecule is CNCc1c(N)[nH]c2ccc[n+](CC3=C(C(=O)O)N4C(=O)C(NC(=O)/C(=N\OC(C)(C)C(=O)O)c5nsc(N)n5)C4SC3)c12. The lowest BCUT2D eigenvalue weighted by molar-refractivity contribution is -0.663. The Balaban J connectivity index is 1.40. The molecule has 0 radical (unpaired) electrons. The first-order valence-corrected chi connectivity index (χ1v) is 14.9. The van der Waals surface area contributed by atoms with E-state index in [0.29, 0.717) is 17.9 Å². The lowest BCUT2D eigenvalue weighted by atomic mass is 10.0. The normalized spacial score (nSPS) is 18.7. The van der Waals surface area contributed by atoms with E-state index in [0.717, 1.165) is 33.0 Å². The molecule has 2 aliphatic rings. The third kappa shape index (κ3) is 5.51. The average Bonchev–Trinajstić information content (AvgIpc) is 3.54. The molecule has 2 atom stereocenters. The number of nitrogens with two attached hydrogens (primary N) is 2. The number of aromatic amines is 1. The maximum absolute atomic E-state index is 13.3. The molecule has 0 bridgehead atoms. The summed E-state index contributed by atoms with van der Waals surface area (Å²) in [6, 6.07) is 2.57. The van der Waals surface area contributed by atoms with Crippen LogP contribution in [0.1, 0.15) is 25.2 Å². The van der Waals surface area contributed by atoms with Crippen molar-refractivity contribution in [2.75, 3.05) is 24.3 Å². The number of thioether (sulfide) groups is 1. The van der Waals surface area contributed by atoms with Crippen LogP contribution in [0.2, 0.25) is 0 Å². The molecule has 44 heavy (non-hydrogen) atoms. The molecule has 0 aromatic carbocycles. The first kappa shape index (κ1) is 30.7. The summed E-state index contributed by atoms with van der Waals surface area (Å²) in [6.45, 7) is 3.12. The van der Waals surface area contributed by atoms with Gasteiger partial charge in [0.05, 0.1) is 5.56 Å². The number of carboxylic acids is 2. The highest BCUT2D eigenvalue weighted by Gasteiger charge is 2.55. The lowest BCUT2D eigenvalue weighted by Crippen LogP contribution is -2.71. The van der Waals surface area contributed by atoms with Crippen molar-refractivity contribution in [2.45, 2.75) is 44.0 Å². The van der Waals surface area contributed by atoms with Crippen LogP contribution in [0.5, 0.6) is 0 Å². The molecule has 5 heterocycles. The van der Waals surface area contributed by atoms with Crippen LogP contribution in [0.25, 0.3) is 11.0 Å². The van der Waals surface area contributed by atoms with Crippen LogP contribution in [-0.2, 0) is 37.1 Å². The second-order valence-corrected chi connectivity index (χ2v) is 12.3. The molecule has 19 heteroatoms. The molecule has 232 valence electrons. The fraction of sp³-hybridized carbons (Fsp3) is 0.360. The van der Waals surface area contributed by atoms with E-state index in [4.69, 9.17) is 16.3 Å². The van der Waals surface area contributed by atoms with Crippen LogP contribution in [-0.4, -0.2) is 88.7 Å². The molecule has 3 aromatic heterocycles. The number of hydrogen-bond acceptors (Lipinski definition) is 13. The first-order chi connectivity index (χ1) is 20.8. The van der Waals surface area contributed by atoms with Gasteiger partial charge in [-0.15, -0.1) is 11.8 Å². The molecule has 1 fully saturated rings. The van der Waals surface area contributed by atoms with Gasteiger partial charge in [0.2, 0.25) is 22.7 Å². The molecule has 5 rings (SSSR count). The highest BCUT2D eigenvalue weighted by atomic mass is 32.2. The van der Waals surface area contributed by atoms with Crippen LogP contribution >= 0.6 is 23.3 Å². The van der Waals surface area contributed by atoms with Crippen molar-refractivity contribution in [1.82, 2.24) is 29.9 Å². The third-order valence-corrected chi connectivity index (χ3v) is 8.83. The minimum atomic E-state index is -1.80. The number of rotatable bonds is 11. The molecule has 17 nitrogen and oxygen atoms in total. The maximum atomic E-state index is 13.3. The van der Waals surface area contributed by atoms with Gasteiger partial charge in [-0.25, -0.2) is 9.59 Å². The Labute approximate surface area is 257 Å². The van der Waals surface area contributed by atoms with E-state index in [1.165, 1.54) is 25.6 Å². The number of aromatic nitrogens is 4. The molecule has 2 unspecified atom stereocenters. The number of nitrogens with zero attached hydrogens (tertiary/aromatic N) is 5. The molecule has 1 saturated heterocycles. The number of carboxylic acid groups (broad SMARTS) is 2. The monoisotopic (exact) mass is 645 g/mol. The summed E-state index contributed by atoms with van der Waals surface area (Å²) in [5, 5.41) is 28.1. The van der Waals surface area contributed by atoms with Gasteiger partial charge in [-0.2, -0.15) is 13.9 Å². The number of oxime groups is 1. The number of amides is 2. The Hall–Kier alpha value is -4.75. The fourth-order valence-electron chi connectivity index (χ4n) is 4.76. The van der Waals surface area contributed by atoms with Gasteiger partial charge >= 0.3 is 11.9 Å². The van der Waals surface area contributed by atoms with Gasteiger partial charge < -0.3 is 42.1 Å². The predicted molar refractivity (Wildman–Crippen MR) is 159 cm³/mol. The van der Waals surface area contributed by atoms with Gasteiger partial charge in [-0.1, -0.05) is 5.16 Å². The molecule has 2 amide bonds. The minimum Gasteiger partial charge on any atom is -0.478 e. The summed E-state index contributed by atoms with van der Waals surface area (Å²) in [7, 11) is 1.79. The van der Waals surface area contributed by atoms with Crippen LogP contribution < -0.4 is 26.7 Å². The summed E-state index contributed by atoms with van der Waals surface area (Å²) in [5.74, 6) is -3.68. The minimum absolute atomic E-state index is 0.0180. The van der Waals surface area contributed by atoms with Gasteiger partial charge in [-0.05, 0) is 27.0 Å². The van der Waals surface area contributed by atoms with E-state index in [2.05, 4.69) is 30.1 Å². The van der Waals surface area contributed by atoms with E-state index < -0.39 is 46.5 Å². The second kappa shape index (κ2) is 11.7. The van der Waals surface area contributed by atoms with Crippen LogP contribution in [0.3, 0.4) is 0 Å². The maximum Gasteiger partial charge on any atom is 0.352 e. The zero-order chi connectivity index (χ0) is 31.9. The van der Waals surface area contributed by atoms with Crippen molar-refractivity contribution in [3.63, 3.8) is 0 Å². The number of carbonyl (C=O) groups is 4. The quantitative estimate of drug-likeness (QED) is 0.0585. The fourth-order valence-corrected chi connectivity index (χ4v) is 6.53. The number of aliphatic carboxylic acids is 2. The summed E-state index contributed by atoms with van der Waals surface area (Å²) in [6.07, 6.45) is 1.81. The summed E-state index contributed by atoms with van der Waals surface area (Å²) in [4.78, 5) is 63.8. The molecule has 9 N–H and O–H groups in total. The molecule has 3 aromatic rings. The highest BCUT2D eigenvalue weighted by molar-refractivity contribution is 8.00. The largest absolute Gasteiger partial charge is 0.478 e. The van der Waals surface area contributed by atoms with E-state index >= 15 is 0 Å². The van der Waals surface area contributed by atoms with Crippen molar-refractivity contribution in [1.29, 1.82) is 0 Å². The van der Waals surface area contributed by atoms with Crippen molar-refractivity contribution in [3.8, 4) is 0 Å². The molecule has 0 aliphatic carbocycles. The van der Waals surface area contributed by atoms with Gasteiger partial charge in [0.25, 0.3) is 11.8 Å². The third-order valence-electron chi connectivity index (χ3n) is 6.95. The molecule has 0 saturated carbocycles. The van der Waals surface area contributed by atoms with Crippen LogP contribution in [0.15, 0.2) is 34.8 Å². The number of hydrogen-bond donors (Lipinski definition) is 7. The number of nitrogen functional groups attached to an aromatic ring is 2. The van der Waals surface area contributed by atoms with E-state index in [1.54, 1.807) is 7.05 Å². The molecular weight excluding hydrogens is 616 g/mol. The standard InChI is InChI=1S/C25H28N10O7S2/c1-25(2,23(40)41)42-32-13(18-31-24(27)44-33-18)19(36)30-14-20(37)35-15(22(38)39)10(9-43-21(14)35)8-34-6-4-5-12-16(34)11(7-28-3)17(26)29-12/h4-6,14,21,28H,7-9H2,1-3H3,(H7,26,27,29,30,31,33,36,38,39,40,41)/p+1/b32-13-. The van der Waals surface area contributed by atoms with Crippen molar-refractivity contribution >= 4 is 74.7 Å². The highest BCUT2D eigenvalue weighted by Crippen LogP contribution is 2.40. The zero-order valence-corrected chi connectivity index (χ0v) is 25.3. The lowest BCUT2D eigenvalue weighted by Gasteiger charge is -2.49. The van der Waals surface area contributed by atoms with Gasteiger partial charge in [0.15, 0.2) is 17.9 Å². The van der Waals surface area contributed by atoms with Crippen molar-refractivity contribution in [2.24, 2.45) is 5.16 Å². The summed E-state index contributed by atoms with van der Waals surface area (Å²) in [5.41, 5.74) is 12.3. The number of pyridine rings is 1. The number of nitrogens with one attached hydrogen (secondary N) is 3. The zero-order valence-electron chi connectivity index (χ0n) is 23.7. The van der Waals surface area contributed by atoms with Gasteiger partial charge in [0.1, 0.15) is 28.4 Å². The molecular formula is C25H29N10O7S2+. The second-order valence-electron chi connectivity index (χ2n) is 10.4. The number of anilines is 2. The topological polar surface area (TPSA) is 255 Å². The Bertz CT molecular complexity index is 1750. The van der Waals surface area contributed by atoms with Gasteiger partial charge in [0, 0.05) is 35.5 Å². The number of β-lactam (4-membered cyclic amide) rings is 1. The van der Waals surface area contributed by atoms with Crippen molar-refractivity contribution < 1.29 is 38.8 Å². The Kier molecular flexibility index (Phi) is 8.19. The number of carbonyl (C=O) groups excluding carboxylic acids is 2. The average molecular weight is 646 g/mol. The Morgan fingerprint density at radius 2 is 2.07 bits per heavy atom. The van der Waals surface area contributed by atoms with Crippen LogP contribution in [0.4, 0.5) is 10.9 Å². The Morgan fingerprint density at radius 3 is 2.70 bits per heavy atom. The van der Waals surface area contributed by atoms with E-state index in [-0.39, 0.29) is 29.0 Å². The number of fused-ring (bicyclic) bond motifs is 2. The smallest absolute Gasteiger partial charge is 0.352 e. The summed E-state index contributed by atoms with van der Waals surface area (Å²) >= 11 is 2.06. The van der Waals surface area contributed by atoms with Gasteiger partial charge in [-0.3, -0.25) is 14.5 Å². The van der Waals surface area contributed by atoms with Crippen molar-refractivity contribution in [3.05, 3.63) is 41.0 Å². The molecule has 0 spiro atoms. The first-order valence-electron chi connectivity index (χ1n) is 13.1. The number of H-pyrrole nitrogens is 1. The van der Waals surface area contributed by atoms with E-state index in [9.17, 15) is 29.4 Å². The predicted octanol–water partition coefficient (Wildman–Crippen LogP) is -0.787.